The Morgan fingerprint density at radius 1 is 0.816 bits per heavy atom. The average molecular weight is 509 g/mol. The van der Waals surface area contributed by atoms with Crippen LogP contribution < -0.4 is 15.1 Å². The number of aromatic nitrogens is 3. The first-order chi connectivity index (χ1) is 18.4. The van der Waals surface area contributed by atoms with E-state index in [9.17, 15) is 4.79 Å². The van der Waals surface area contributed by atoms with Crippen LogP contribution in [0.5, 0.6) is 0 Å². The van der Waals surface area contributed by atoms with Gasteiger partial charge in [0.25, 0.3) is 0 Å². The van der Waals surface area contributed by atoms with Crippen molar-refractivity contribution in [3.63, 3.8) is 0 Å². The van der Waals surface area contributed by atoms with Gasteiger partial charge in [0.05, 0.1) is 5.69 Å². The van der Waals surface area contributed by atoms with E-state index in [4.69, 9.17) is 5.10 Å². The molecule has 2 aromatic carbocycles. The minimum absolute atomic E-state index is 0.0175. The van der Waals surface area contributed by atoms with Gasteiger partial charge < -0.3 is 15.1 Å². The molecule has 196 valence electrons. The van der Waals surface area contributed by atoms with Gasteiger partial charge in [-0.25, -0.2) is 4.98 Å². The van der Waals surface area contributed by atoms with Crippen molar-refractivity contribution in [1.82, 2.24) is 20.5 Å². The number of carbonyl (C=O) groups is 1. The third kappa shape index (κ3) is 6.28. The van der Waals surface area contributed by atoms with Crippen molar-refractivity contribution in [2.75, 3.05) is 36.0 Å². The fourth-order valence-electron chi connectivity index (χ4n) is 4.90. The number of hydrogen-bond donors (Lipinski definition) is 1. The highest BCUT2D eigenvalue weighted by molar-refractivity contribution is 5.93. The molecule has 0 atom stereocenters. The van der Waals surface area contributed by atoms with Gasteiger partial charge >= 0.3 is 0 Å². The summed E-state index contributed by atoms with van der Waals surface area (Å²) in [5.74, 6) is 1.98. The SMILES string of the molecule is CC(C)(C)CC(=O)NCc1ccc(N2CCN(c3nnc(Cc4ccccc4)c4ccccc34)CC2)nc1. The normalized spacial score (nSPS) is 14.1. The predicted molar refractivity (Wildman–Crippen MR) is 153 cm³/mol. The molecule has 5 rings (SSSR count). The van der Waals surface area contributed by atoms with Crippen LogP contribution in [0.2, 0.25) is 0 Å². The monoisotopic (exact) mass is 508 g/mol. The second kappa shape index (κ2) is 11.2. The van der Waals surface area contributed by atoms with Gasteiger partial charge in [-0.2, -0.15) is 5.10 Å². The zero-order valence-corrected chi connectivity index (χ0v) is 22.5. The summed E-state index contributed by atoms with van der Waals surface area (Å²) in [4.78, 5) is 21.4. The predicted octanol–water partition coefficient (Wildman–Crippen LogP) is 4.99. The summed E-state index contributed by atoms with van der Waals surface area (Å²) < 4.78 is 0. The molecule has 1 saturated heterocycles. The van der Waals surface area contributed by atoms with E-state index in [0.717, 1.165) is 66.3 Å². The van der Waals surface area contributed by atoms with Gasteiger partial charge in [-0.15, -0.1) is 5.10 Å². The highest BCUT2D eigenvalue weighted by Gasteiger charge is 2.22. The Hall–Kier alpha value is -4.00. The minimum atomic E-state index is -0.0175. The number of pyridine rings is 1. The fourth-order valence-corrected chi connectivity index (χ4v) is 4.90. The lowest BCUT2D eigenvalue weighted by molar-refractivity contribution is -0.122. The van der Waals surface area contributed by atoms with Crippen molar-refractivity contribution >= 4 is 28.3 Å². The molecule has 1 fully saturated rings. The lowest BCUT2D eigenvalue weighted by Gasteiger charge is -2.36. The molecule has 4 aromatic rings. The van der Waals surface area contributed by atoms with E-state index < -0.39 is 0 Å². The molecule has 2 aromatic heterocycles. The molecule has 1 amide bonds. The van der Waals surface area contributed by atoms with Gasteiger partial charge in [0.15, 0.2) is 5.82 Å². The quantitative estimate of drug-likeness (QED) is 0.379. The summed E-state index contributed by atoms with van der Waals surface area (Å²) in [6.07, 6.45) is 3.14. The first kappa shape index (κ1) is 25.6. The number of nitrogens with zero attached hydrogens (tertiary/aromatic N) is 5. The van der Waals surface area contributed by atoms with Crippen LogP contribution in [-0.2, 0) is 17.8 Å². The highest BCUT2D eigenvalue weighted by Crippen LogP contribution is 2.28. The molecule has 38 heavy (non-hydrogen) atoms. The van der Waals surface area contributed by atoms with Crippen LogP contribution >= 0.6 is 0 Å². The smallest absolute Gasteiger partial charge is 0.220 e. The molecule has 0 bridgehead atoms. The Labute approximate surface area is 224 Å². The van der Waals surface area contributed by atoms with E-state index in [-0.39, 0.29) is 11.3 Å². The van der Waals surface area contributed by atoms with Gasteiger partial charge in [-0.3, -0.25) is 4.79 Å². The number of piperazine rings is 1. The Kier molecular flexibility index (Phi) is 7.54. The van der Waals surface area contributed by atoms with E-state index in [1.54, 1.807) is 0 Å². The molecule has 0 radical (unpaired) electrons. The van der Waals surface area contributed by atoms with Crippen LogP contribution in [-0.4, -0.2) is 47.3 Å². The van der Waals surface area contributed by atoms with Crippen molar-refractivity contribution < 1.29 is 4.79 Å². The molecule has 0 spiro atoms. The summed E-state index contributed by atoms with van der Waals surface area (Å²) in [6, 6.07) is 23.0. The van der Waals surface area contributed by atoms with E-state index in [0.29, 0.717) is 13.0 Å². The first-order valence-electron chi connectivity index (χ1n) is 13.4. The zero-order valence-electron chi connectivity index (χ0n) is 22.5. The third-order valence-electron chi connectivity index (χ3n) is 6.85. The van der Waals surface area contributed by atoms with Crippen LogP contribution in [0.15, 0.2) is 72.9 Å². The van der Waals surface area contributed by atoms with Crippen LogP contribution in [0.3, 0.4) is 0 Å². The Bertz CT molecular complexity index is 1370. The number of carbonyl (C=O) groups excluding carboxylic acids is 1. The number of fused-ring (bicyclic) bond motifs is 1. The molecule has 1 aliphatic heterocycles. The van der Waals surface area contributed by atoms with Gasteiger partial charge in [0, 0.05) is 62.5 Å². The van der Waals surface area contributed by atoms with Crippen molar-refractivity contribution in [1.29, 1.82) is 0 Å². The van der Waals surface area contributed by atoms with E-state index in [1.165, 1.54) is 5.56 Å². The molecule has 1 aliphatic rings. The molecule has 7 nitrogen and oxygen atoms in total. The number of nitrogens with one attached hydrogen (secondary N) is 1. The summed E-state index contributed by atoms with van der Waals surface area (Å²) in [7, 11) is 0. The number of benzene rings is 2. The summed E-state index contributed by atoms with van der Waals surface area (Å²) in [6.45, 7) is 10.1. The van der Waals surface area contributed by atoms with Crippen LogP contribution in [0.4, 0.5) is 11.6 Å². The zero-order chi connectivity index (χ0) is 26.5. The van der Waals surface area contributed by atoms with Crippen LogP contribution in [0.1, 0.15) is 44.0 Å². The lowest BCUT2D eigenvalue weighted by Crippen LogP contribution is -2.47. The lowest BCUT2D eigenvalue weighted by atomic mass is 9.92. The maximum atomic E-state index is 12.1. The standard InChI is InChI=1S/C31H36N6O/c1-31(2,3)20-29(38)33-22-24-13-14-28(32-21-24)36-15-17-37(18-16-36)30-26-12-8-7-11-25(26)27(34-35-30)19-23-9-5-4-6-10-23/h4-14,21H,15-20,22H2,1-3H3,(H,33,38). The number of amides is 1. The molecule has 1 N–H and O–H groups in total. The third-order valence-corrected chi connectivity index (χ3v) is 6.85. The number of anilines is 2. The van der Waals surface area contributed by atoms with E-state index in [2.05, 4.69) is 107 Å². The van der Waals surface area contributed by atoms with Gasteiger partial charge in [0.1, 0.15) is 5.82 Å². The van der Waals surface area contributed by atoms with Crippen LogP contribution in [0.25, 0.3) is 10.8 Å². The molecule has 3 heterocycles. The molecule has 7 heteroatoms. The van der Waals surface area contributed by atoms with Crippen molar-refractivity contribution in [2.45, 2.75) is 40.2 Å². The van der Waals surface area contributed by atoms with Gasteiger partial charge in [0.2, 0.25) is 5.91 Å². The second-order valence-corrected chi connectivity index (χ2v) is 11.2. The first-order valence-corrected chi connectivity index (χ1v) is 13.4. The summed E-state index contributed by atoms with van der Waals surface area (Å²) >= 11 is 0. The molecule has 0 unspecified atom stereocenters. The maximum Gasteiger partial charge on any atom is 0.220 e. The largest absolute Gasteiger partial charge is 0.353 e. The fraction of sp³-hybridized carbons (Fsp3) is 0.355. The van der Waals surface area contributed by atoms with Gasteiger partial charge in [-0.1, -0.05) is 81.4 Å². The van der Waals surface area contributed by atoms with Crippen LogP contribution in [0, 0.1) is 5.41 Å². The minimum Gasteiger partial charge on any atom is -0.353 e. The summed E-state index contributed by atoms with van der Waals surface area (Å²) in [5, 5.41) is 14.7. The molecule has 0 saturated carbocycles. The average Bonchev–Trinajstić information content (AvgIpc) is 2.92. The number of rotatable bonds is 7. The topological polar surface area (TPSA) is 74.2 Å². The Morgan fingerprint density at radius 3 is 2.18 bits per heavy atom. The Morgan fingerprint density at radius 2 is 1.50 bits per heavy atom. The number of hydrogen-bond acceptors (Lipinski definition) is 6. The van der Waals surface area contributed by atoms with Crippen molar-refractivity contribution in [3.05, 3.63) is 89.7 Å². The van der Waals surface area contributed by atoms with E-state index >= 15 is 0 Å². The second-order valence-electron chi connectivity index (χ2n) is 11.2. The van der Waals surface area contributed by atoms with Crippen molar-refractivity contribution in [2.24, 2.45) is 5.41 Å². The highest BCUT2D eigenvalue weighted by atomic mass is 16.1. The summed E-state index contributed by atoms with van der Waals surface area (Å²) in [5.41, 5.74) is 3.23. The Balaban J connectivity index is 1.22. The van der Waals surface area contributed by atoms with Crippen molar-refractivity contribution in [3.8, 4) is 0 Å². The van der Waals surface area contributed by atoms with E-state index in [1.807, 2.05) is 12.3 Å². The van der Waals surface area contributed by atoms with Gasteiger partial charge in [-0.05, 0) is 22.6 Å². The molecular formula is C31H36N6O. The molecular weight excluding hydrogens is 472 g/mol. The maximum absolute atomic E-state index is 12.1. The molecule has 0 aliphatic carbocycles.